The second-order valence-electron chi connectivity index (χ2n) is 5.74. The van der Waals surface area contributed by atoms with Crippen LogP contribution in [0.3, 0.4) is 0 Å². The average molecular weight is 400 g/mol. The first kappa shape index (κ1) is 19.7. The smallest absolute Gasteiger partial charge is 0.284 e. The van der Waals surface area contributed by atoms with Crippen LogP contribution in [0.1, 0.15) is 24.2 Å². The minimum atomic E-state index is -0.217. The second-order valence-corrected chi connectivity index (χ2v) is 6.67. The van der Waals surface area contributed by atoms with Crippen LogP contribution in [0.15, 0.2) is 56.7 Å². The number of amides is 2. The van der Waals surface area contributed by atoms with Gasteiger partial charge in [0.2, 0.25) is 5.91 Å². The molecule has 8 nitrogen and oxygen atoms in total. The molecule has 0 saturated heterocycles. The topological polar surface area (TPSA) is 101 Å². The highest BCUT2D eigenvalue weighted by Crippen LogP contribution is 2.23. The molecule has 0 radical (unpaired) electrons. The van der Waals surface area contributed by atoms with E-state index < -0.39 is 0 Å². The van der Waals surface area contributed by atoms with Crippen LogP contribution in [0.25, 0.3) is 11.7 Å². The summed E-state index contributed by atoms with van der Waals surface area (Å²) in [4.78, 5) is 26.2. The van der Waals surface area contributed by atoms with Crippen LogP contribution < -0.4 is 5.32 Å². The van der Waals surface area contributed by atoms with E-state index in [0.717, 1.165) is 11.8 Å². The van der Waals surface area contributed by atoms with E-state index in [9.17, 15) is 9.59 Å². The number of benzene rings is 1. The highest BCUT2D eigenvalue weighted by Gasteiger charge is 2.14. The van der Waals surface area contributed by atoms with Crippen LogP contribution in [-0.4, -0.2) is 45.8 Å². The largest absolute Gasteiger partial charge is 0.459 e. The Kier molecular flexibility index (Phi) is 6.49. The van der Waals surface area contributed by atoms with Crippen molar-refractivity contribution in [1.82, 2.24) is 15.1 Å². The number of carbonyl (C=O) groups is 2. The Morgan fingerprint density at radius 3 is 2.50 bits per heavy atom. The number of nitrogens with zero attached hydrogens (tertiary/aromatic N) is 3. The van der Waals surface area contributed by atoms with Gasteiger partial charge in [0.1, 0.15) is 0 Å². The van der Waals surface area contributed by atoms with E-state index in [4.69, 9.17) is 8.83 Å². The Bertz CT molecular complexity index is 918. The van der Waals surface area contributed by atoms with Crippen molar-refractivity contribution in [1.29, 1.82) is 0 Å². The summed E-state index contributed by atoms with van der Waals surface area (Å²) in [6.45, 7) is 5.19. The zero-order valence-electron chi connectivity index (χ0n) is 15.5. The van der Waals surface area contributed by atoms with E-state index in [2.05, 4.69) is 15.5 Å². The van der Waals surface area contributed by atoms with E-state index in [1.807, 2.05) is 13.8 Å². The number of rotatable bonds is 8. The molecule has 3 rings (SSSR count). The molecule has 0 atom stereocenters. The molecule has 2 heterocycles. The highest BCUT2D eigenvalue weighted by atomic mass is 32.2. The van der Waals surface area contributed by atoms with Gasteiger partial charge < -0.3 is 19.1 Å². The van der Waals surface area contributed by atoms with Crippen LogP contribution in [-0.2, 0) is 4.79 Å². The van der Waals surface area contributed by atoms with Gasteiger partial charge in [-0.05, 0) is 50.2 Å². The van der Waals surface area contributed by atoms with Crippen molar-refractivity contribution in [3.05, 3.63) is 48.2 Å². The number of thioether (sulfide) groups is 1. The third kappa shape index (κ3) is 4.80. The van der Waals surface area contributed by atoms with Crippen LogP contribution in [0.4, 0.5) is 5.69 Å². The number of carbonyl (C=O) groups excluding carboxylic acids is 2. The van der Waals surface area contributed by atoms with E-state index in [1.54, 1.807) is 41.3 Å². The average Bonchev–Trinajstić information content (AvgIpc) is 3.39. The van der Waals surface area contributed by atoms with Gasteiger partial charge in [0.05, 0.1) is 12.0 Å². The molecule has 28 heavy (non-hydrogen) atoms. The Labute approximate surface area is 166 Å². The summed E-state index contributed by atoms with van der Waals surface area (Å²) in [7, 11) is 0. The van der Waals surface area contributed by atoms with Crippen molar-refractivity contribution in [3.63, 3.8) is 0 Å². The molecule has 1 aromatic carbocycles. The molecule has 9 heteroatoms. The van der Waals surface area contributed by atoms with Crippen LogP contribution >= 0.6 is 11.8 Å². The number of nitrogens with one attached hydrogen (secondary N) is 1. The summed E-state index contributed by atoms with van der Waals surface area (Å²) < 4.78 is 10.6. The van der Waals surface area contributed by atoms with Crippen molar-refractivity contribution in [2.75, 3.05) is 24.2 Å². The molecule has 2 amide bonds. The summed E-state index contributed by atoms with van der Waals surface area (Å²) in [5.74, 6) is 0.609. The summed E-state index contributed by atoms with van der Waals surface area (Å²) in [6.07, 6.45) is 1.51. The minimum absolute atomic E-state index is 0.0258. The molecule has 0 fully saturated rings. The first-order valence-corrected chi connectivity index (χ1v) is 9.78. The maximum Gasteiger partial charge on any atom is 0.284 e. The lowest BCUT2D eigenvalue weighted by Gasteiger charge is -2.18. The fourth-order valence-corrected chi connectivity index (χ4v) is 3.04. The third-order valence-corrected chi connectivity index (χ3v) is 4.75. The van der Waals surface area contributed by atoms with Gasteiger partial charge in [-0.2, -0.15) is 0 Å². The van der Waals surface area contributed by atoms with Crippen molar-refractivity contribution < 1.29 is 18.4 Å². The number of anilines is 1. The minimum Gasteiger partial charge on any atom is -0.459 e. The summed E-state index contributed by atoms with van der Waals surface area (Å²) in [5.41, 5.74) is 1.20. The predicted octanol–water partition coefficient (Wildman–Crippen LogP) is 3.54. The molecule has 0 aliphatic carbocycles. The van der Waals surface area contributed by atoms with Crippen molar-refractivity contribution >= 4 is 29.3 Å². The third-order valence-electron chi connectivity index (χ3n) is 3.93. The molecule has 3 aromatic rings. The van der Waals surface area contributed by atoms with E-state index >= 15 is 0 Å². The Hall–Kier alpha value is -3.07. The van der Waals surface area contributed by atoms with Crippen molar-refractivity contribution in [3.8, 4) is 11.7 Å². The molecular formula is C19H20N4O4S. The normalized spacial score (nSPS) is 10.6. The Morgan fingerprint density at radius 1 is 1.11 bits per heavy atom. The molecule has 2 aromatic heterocycles. The second kappa shape index (κ2) is 9.23. The number of hydrogen-bond donors (Lipinski definition) is 1. The van der Waals surface area contributed by atoms with Gasteiger partial charge >= 0.3 is 0 Å². The summed E-state index contributed by atoms with van der Waals surface area (Å²) in [5, 5.41) is 10.8. The van der Waals surface area contributed by atoms with Crippen LogP contribution in [0, 0.1) is 0 Å². The van der Waals surface area contributed by atoms with Gasteiger partial charge in [-0.15, -0.1) is 10.2 Å². The van der Waals surface area contributed by atoms with Crippen molar-refractivity contribution in [2.45, 2.75) is 19.1 Å². The maximum absolute atomic E-state index is 12.3. The Balaban J connectivity index is 1.51. The maximum atomic E-state index is 12.3. The zero-order valence-corrected chi connectivity index (χ0v) is 16.4. The van der Waals surface area contributed by atoms with Crippen LogP contribution in [0.2, 0.25) is 0 Å². The van der Waals surface area contributed by atoms with Gasteiger partial charge in [-0.3, -0.25) is 9.59 Å². The molecule has 0 bridgehead atoms. The fourth-order valence-electron chi connectivity index (χ4n) is 2.48. The molecule has 0 aliphatic heterocycles. The number of hydrogen-bond acceptors (Lipinski definition) is 7. The molecule has 0 unspecified atom stereocenters. The lowest BCUT2D eigenvalue weighted by atomic mass is 10.2. The summed E-state index contributed by atoms with van der Waals surface area (Å²) in [6, 6.07) is 10.3. The van der Waals surface area contributed by atoms with E-state index in [-0.39, 0.29) is 28.7 Å². The van der Waals surface area contributed by atoms with Gasteiger partial charge in [0.15, 0.2) is 5.76 Å². The van der Waals surface area contributed by atoms with Gasteiger partial charge in [-0.25, -0.2) is 0 Å². The van der Waals surface area contributed by atoms with E-state index in [0.29, 0.717) is 30.1 Å². The quantitative estimate of drug-likeness (QED) is 0.577. The highest BCUT2D eigenvalue weighted by molar-refractivity contribution is 7.99. The van der Waals surface area contributed by atoms with Crippen LogP contribution in [0.5, 0.6) is 0 Å². The molecule has 0 aliphatic rings. The lowest BCUT2D eigenvalue weighted by Crippen LogP contribution is -2.30. The van der Waals surface area contributed by atoms with Gasteiger partial charge in [0, 0.05) is 24.3 Å². The molecule has 1 N–H and O–H groups in total. The number of aromatic nitrogens is 2. The van der Waals surface area contributed by atoms with Gasteiger partial charge in [0.25, 0.3) is 17.0 Å². The first-order valence-electron chi connectivity index (χ1n) is 8.80. The summed E-state index contributed by atoms with van der Waals surface area (Å²) >= 11 is 1.13. The molecule has 146 valence electrons. The predicted molar refractivity (Wildman–Crippen MR) is 105 cm³/mol. The van der Waals surface area contributed by atoms with Crippen molar-refractivity contribution in [2.24, 2.45) is 0 Å². The standard InChI is InChI=1S/C19H20N4O4S/c1-3-23(4-2)18(25)13-7-9-14(10-8-13)20-16(24)12-28-19-22-21-17(27-19)15-6-5-11-26-15/h5-11H,3-4,12H2,1-2H3,(H,20,24). The molecule has 0 spiro atoms. The SMILES string of the molecule is CCN(CC)C(=O)c1ccc(NC(=O)CSc2nnc(-c3ccco3)o2)cc1. The van der Waals surface area contributed by atoms with Gasteiger partial charge in [-0.1, -0.05) is 11.8 Å². The van der Waals surface area contributed by atoms with E-state index in [1.165, 1.54) is 6.26 Å². The first-order chi connectivity index (χ1) is 13.6. The molecular weight excluding hydrogens is 380 g/mol. The molecule has 0 saturated carbocycles. The fraction of sp³-hybridized carbons (Fsp3) is 0.263. The Morgan fingerprint density at radius 2 is 1.86 bits per heavy atom. The number of furan rings is 1. The zero-order chi connectivity index (χ0) is 19.9. The monoisotopic (exact) mass is 400 g/mol. The lowest BCUT2D eigenvalue weighted by molar-refractivity contribution is -0.113.